The Kier molecular flexibility index (Phi) is 4.70. The molecule has 2 aromatic carbocycles. The second-order valence-electron chi connectivity index (χ2n) is 4.95. The number of nitrogens with one attached hydrogen (secondary N) is 1. The van der Waals surface area contributed by atoms with Crippen LogP contribution in [0, 0.1) is 0 Å². The van der Waals surface area contributed by atoms with Gasteiger partial charge in [-0.25, -0.2) is 0 Å². The number of nitrogens with two attached hydrogens (primary N) is 1. The average molecular weight is 304 g/mol. The topological polar surface area (TPSA) is 58.4 Å². The molecule has 0 heterocycles. The fourth-order valence-corrected chi connectivity index (χ4v) is 2.24. The van der Waals surface area contributed by atoms with E-state index in [4.69, 9.17) is 17.3 Å². The summed E-state index contributed by atoms with van der Waals surface area (Å²) in [6, 6.07) is 12.7. The molecule has 0 fully saturated rings. The van der Waals surface area contributed by atoms with Crippen LogP contribution in [0.25, 0.3) is 0 Å². The number of benzene rings is 2. The Morgan fingerprint density at radius 2 is 1.95 bits per heavy atom. The van der Waals surface area contributed by atoms with E-state index >= 15 is 0 Å². The van der Waals surface area contributed by atoms with Gasteiger partial charge in [0.1, 0.15) is 0 Å². The summed E-state index contributed by atoms with van der Waals surface area (Å²) in [6.45, 7) is 0.375. The van der Waals surface area contributed by atoms with Gasteiger partial charge in [0, 0.05) is 37.0 Å². The minimum Gasteiger partial charge on any atom is -0.399 e. The van der Waals surface area contributed by atoms with Crippen LogP contribution in [0.15, 0.2) is 42.5 Å². The van der Waals surface area contributed by atoms with Gasteiger partial charge in [-0.3, -0.25) is 4.79 Å². The molecular formula is C16H18ClN3O. The fraction of sp³-hybridized carbons (Fsp3) is 0.188. The number of nitrogen functional groups attached to an aromatic ring is 1. The van der Waals surface area contributed by atoms with E-state index in [-0.39, 0.29) is 5.91 Å². The average Bonchev–Trinajstić information content (AvgIpc) is 2.45. The maximum absolute atomic E-state index is 12.4. The Hall–Kier alpha value is -2.20. The number of hydrogen-bond acceptors (Lipinski definition) is 3. The predicted octanol–water partition coefficient (Wildman–Crippen LogP) is 2.92. The third-order valence-electron chi connectivity index (χ3n) is 3.14. The lowest BCUT2D eigenvalue weighted by atomic mass is 10.1. The molecule has 0 saturated heterocycles. The minimum absolute atomic E-state index is 0.175. The summed E-state index contributed by atoms with van der Waals surface area (Å²) in [7, 11) is 3.77. The Morgan fingerprint density at radius 3 is 2.62 bits per heavy atom. The third kappa shape index (κ3) is 3.67. The molecule has 5 heteroatoms. The number of anilines is 2. The van der Waals surface area contributed by atoms with Crippen LogP contribution >= 0.6 is 11.6 Å². The maximum Gasteiger partial charge on any atom is 0.253 e. The summed E-state index contributed by atoms with van der Waals surface area (Å²) in [5.41, 5.74) is 8.58. The molecule has 0 saturated carbocycles. The van der Waals surface area contributed by atoms with Crippen molar-refractivity contribution in [3.63, 3.8) is 0 Å². The molecule has 110 valence electrons. The third-order valence-corrected chi connectivity index (χ3v) is 3.51. The first-order chi connectivity index (χ1) is 9.99. The van der Waals surface area contributed by atoms with E-state index in [2.05, 4.69) is 5.32 Å². The first-order valence-corrected chi connectivity index (χ1v) is 6.95. The zero-order chi connectivity index (χ0) is 15.4. The number of carbonyl (C=O) groups is 1. The van der Waals surface area contributed by atoms with E-state index in [0.717, 1.165) is 11.3 Å². The van der Waals surface area contributed by atoms with Crippen LogP contribution < -0.4 is 16.0 Å². The highest BCUT2D eigenvalue weighted by molar-refractivity contribution is 6.31. The van der Waals surface area contributed by atoms with Crippen LogP contribution in [0.3, 0.4) is 0 Å². The molecule has 0 aliphatic heterocycles. The lowest BCUT2D eigenvalue weighted by Crippen LogP contribution is -2.25. The molecule has 0 unspecified atom stereocenters. The van der Waals surface area contributed by atoms with Crippen LogP contribution in [-0.2, 0) is 6.54 Å². The molecule has 1 amide bonds. The Balaban J connectivity index is 2.17. The van der Waals surface area contributed by atoms with Crippen LogP contribution in [0.2, 0.25) is 5.02 Å². The normalized spacial score (nSPS) is 10.2. The zero-order valence-electron chi connectivity index (χ0n) is 12.1. The van der Waals surface area contributed by atoms with E-state index in [0.29, 0.717) is 22.8 Å². The number of rotatable bonds is 4. The molecule has 0 atom stereocenters. The summed E-state index contributed by atoms with van der Waals surface area (Å²) in [6.07, 6.45) is 0. The standard InChI is InChI=1S/C16H18ClN3O/c1-20(2)15-8-7-12(18)9-13(15)16(21)19-10-11-5-3-4-6-14(11)17/h3-9H,10,18H2,1-2H3,(H,19,21). The van der Waals surface area contributed by atoms with Crippen LogP contribution in [0.5, 0.6) is 0 Å². The van der Waals surface area contributed by atoms with Crippen molar-refractivity contribution in [1.82, 2.24) is 5.32 Å². The van der Waals surface area contributed by atoms with Crippen molar-refractivity contribution in [2.45, 2.75) is 6.54 Å². The van der Waals surface area contributed by atoms with Crippen LogP contribution in [0.1, 0.15) is 15.9 Å². The molecule has 0 spiro atoms. The molecule has 2 aromatic rings. The number of halogens is 1. The van der Waals surface area contributed by atoms with Gasteiger partial charge in [0.25, 0.3) is 5.91 Å². The summed E-state index contributed by atoms with van der Waals surface area (Å²) in [5, 5.41) is 3.51. The molecule has 0 bridgehead atoms. The Morgan fingerprint density at radius 1 is 1.24 bits per heavy atom. The van der Waals surface area contributed by atoms with E-state index in [1.165, 1.54) is 0 Å². The van der Waals surface area contributed by atoms with Crippen molar-refractivity contribution in [2.75, 3.05) is 24.7 Å². The summed E-state index contributed by atoms with van der Waals surface area (Å²) in [5.74, 6) is -0.175. The second kappa shape index (κ2) is 6.50. The van der Waals surface area contributed by atoms with Gasteiger partial charge in [0.2, 0.25) is 0 Å². The summed E-state index contributed by atoms with van der Waals surface area (Å²) >= 11 is 6.08. The number of amides is 1. The molecule has 3 N–H and O–H groups in total. The minimum atomic E-state index is -0.175. The molecule has 0 aliphatic rings. The van der Waals surface area contributed by atoms with Gasteiger partial charge in [-0.2, -0.15) is 0 Å². The predicted molar refractivity (Wildman–Crippen MR) is 87.8 cm³/mol. The second-order valence-corrected chi connectivity index (χ2v) is 5.35. The number of nitrogens with zero attached hydrogens (tertiary/aromatic N) is 1. The van der Waals surface area contributed by atoms with Crippen molar-refractivity contribution >= 4 is 28.9 Å². The van der Waals surface area contributed by atoms with Crippen molar-refractivity contribution in [1.29, 1.82) is 0 Å². The van der Waals surface area contributed by atoms with Gasteiger partial charge in [0.05, 0.1) is 5.56 Å². The van der Waals surface area contributed by atoms with Crippen molar-refractivity contribution in [3.05, 3.63) is 58.6 Å². The van der Waals surface area contributed by atoms with Gasteiger partial charge in [-0.15, -0.1) is 0 Å². The zero-order valence-corrected chi connectivity index (χ0v) is 12.8. The van der Waals surface area contributed by atoms with Crippen LogP contribution in [-0.4, -0.2) is 20.0 Å². The number of hydrogen-bond donors (Lipinski definition) is 2. The van der Waals surface area contributed by atoms with Crippen molar-refractivity contribution < 1.29 is 4.79 Å². The molecule has 0 aromatic heterocycles. The smallest absolute Gasteiger partial charge is 0.253 e. The maximum atomic E-state index is 12.4. The van der Waals surface area contributed by atoms with Crippen LogP contribution in [0.4, 0.5) is 11.4 Å². The first-order valence-electron chi connectivity index (χ1n) is 6.57. The summed E-state index contributed by atoms with van der Waals surface area (Å²) < 4.78 is 0. The van der Waals surface area contributed by atoms with Gasteiger partial charge in [-0.1, -0.05) is 29.8 Å². The largest absolute Gasteiger partial charge is 0.399 e. The van der Waals surface area contributed by atoms with Gasteiger partial charge >= 0.3 is 0 Å². The molecule has 0 aliphatic carbocycles. The molecule has 2 rings (SSSR count). The molecule has 4 nitrogen and oxygen atoms in total. The highest BCUT2D eigenvalue weighted by atomic mass is 35.5. The SMILES string of the molecule is CN(C)c1ccc(N)cc1C(=O)NCc1ccccc1Cl. The van der Waals surface area contributed by atoms with Gasteiger partial charge in [0.15, 0.2) is 0 Å². The monoisotopic (exact) mass is 303 g/mol. The lowest BCUT2D eigenvalue weighted by molar-refractivity contribution is 0.0951. The Bertz CT molecular complexity index is 656. The highest BCUT2D eigenvalue weighted by Crippen LogP contribution is 2.22. The first kappa shape index (κ1) is 15.2. The molecular weight excluding hydrogens is 286 g/mol. The van der Waals surface area contributed by atoms with E-state index in [1.54, 1.807) is 18.2 Å². The van der Waals surface area contributed by atoms with E-state index in [9.17, 15) is 4.79 Å². The summed E-state index contributed by atoms with van der Waals surface area (Å²) in [4.78, 5) is 14.2. The quantitative estimate of drug-likeness (QED) is 0.854. The van der Waals surface area contributed by atoms with Gasteiger partial charge < -0.3 is 16.0 Å². The van der Waals surface area contributed by atoms with E-state index in [1.807, 2.05) is 43.3 Å². The Labute approximate surface area is 129 Å². The van der Waals surface area contributed by atoms with Crippen molar-refractivity contribution in [2.24, 2.45) is 0 Å². The lowest BCUT2D eigenvalue weighted by Gasteiger charge is -2.17. The molecule has 21 heavy (non-hydrogen) atoms. The fourth-order valence-electron chi connectivity index (χ4n) is 2.04. The molecule has 0 radical (unpaired) electrons. The van der Waals surface area contributed by atoms with Crippen molar-refractivity contribution in [3.8, 4) is 0 Å². The van der Waals surface area contributed by atoms with E-state index < -0.39 is 0 Å². The number of carbonyl (C=O) groups excluding carboxylic acids is 1. The highest BCUT2D eigenvalue weighted by Gasteiger charge is 2.13. The van der Waals surface area contributed by atoms with Gasteiger partial charge in [-0.05, 0) is 29.8 Å².